The van der Waals surface area contributed by atoms with Crippen LogP contribution >= 0.6 is 11.9 Å². The molecule has 0 aliphatic carbocycles. The van der Waals surface area contributed by atoms with Gasteiger partial charge in [0.2, 0.25) is 0 Å². The summed E-state index contributed by atoms with van der Waals surface area (Å²) in [5.41, 5.74) is 13.8. The molecule has 0 saturated carbocycles. The SMILES string of the molecule is CCc1c(-c2ccccc2Nc2ccc(C(C)(C)C)cc2)cccc1-c1ccccc1N(SC)c1ccc(C(C)(C)C)cc1. The average Bonchev–Trinajstić information content (AvgIpc) is 3.01. The molecule has 0 aliphatic rings. The van der Waals surface area contributed by atoms with E-state index >= 15 is 0 Å². The van der Waals surface area contributed by atoms with Crippen LogP contribution in [0.2, 0.25) is 0 Å². The second-order valence-corrected chi connectivity index (χ2v) is 14.2. The van der Waals surface area contributed by atoms with Crippen molar-refractivity contribution < 1.29 is 0 Å². The lowest BCUT2D eigenvalue weighted by Crippen LogP contribution is -2.12. The number of rotatable bonds is 8. The second kappa shape index (κ2) is 13.0. The van der Waals surface area contributed by atoms with Crippen LogP contribution in [0.3, 0.4) is 0 Å². The molecule has 5 aromatic rings. The maximum atomic E-state index is 3.72. The Labute approximate surface area is 269 Å². The Balaban J connectivity index is 1.56. The molecule has 0 radical (unpaired) electrons. The molecule has 0 saturated heterocycles. The van der Waals surface area contributed by atoms with Crippen molar-refractivity contribution in [3.63, 3.8) is 0 Å². The van der Waals surface area contributed by atoms with Gasteiger partial charge in [-0.2, -0.15) is 0 Å². The highest BCUT2D eigenvalue weighted by molar-refractivity contribution is 8.00. The lowest BCUT2D eigenvalue weighted by Gasteiger charge is -2.27. The third-order valence-electron chi connectivity index (χ3n) is 8.34. The van der Waals surface area contributed by atoms with Gasteiger partial charge in [0.05, 0.1) is 11.4 Å². The zero-order chi connectivity index (χ0) is 31.5. The predicted octanol–water partition coefficient (Wildman–Crippen LogP) is 12.3. The molecule has 0 amide bonds. The molecule has 0 spiro atoms. The van der Waals surface area contributed by atoms with Gasteiger partial charge in [-0.25, -0.2) is 0 Å². The maximum Gasteiger partial charge on any atom is 0.0603 e. The van der Waals surface area contributed by atoms with Crippen LogP contribution in [-0.4, -0.2) is 6.26 Å². The monoisotopic (exact) mass is 598 g/mol. The number of hydrogen-bond acceptors (Lipinski definition) is 3. The Morgan fingerprint density at radius 1 is 0.568 bits per heavy atom. The van der Waals surface area contributed by atoms with Gasteiger partial charge in [-0.15, -0.1) is 0 Å². The fraction of sp³-hybridized carbons (Fsp3) is 0.268. The minimum Gasteiger partial charge on any atom is -0.355 e. The maximum absolute atomic E-state index is 3.72. The molecule has 0 heterocycles. The Morgan fingerprint density at radius 3 is 1.64 bits per heavy atom. The largest absolute Gasteiger partial charge is 0.355 e. The predicted molar refractivity (Wildman–Crippen MR) is 196 cm³/mol. The molecule has 3 heteroatoms. The Kier molecular flexibility index (Phi) is 9.27. The lowest BCUT2D eigenvalue weighted by atomic mass is 9.87. The molecule has 0 aliphatic heterocycles. The fourth-order valence-corrected chi connectivity index (χ4v) is 6.52. The van der Waals surface area contributed by atoms with Crippen molar-refractivity contribution in [3.8, 4) is 22.3 Å². The highest BCUT2D eigenvalue weighted by atomic mass is 32.2. The zero-order valence-electron chi connectivity index (χ0n) is 27.5. The van der Waals surface area contributed by atoms with E-state index in [9.17, 15) is 0 Å². The first kappa shape index (κ1) is 31.5. The van der Waals surface area contributed by atoms with Crippen molar-refractivity contribution in [2.45, 2.75) is 65.7 Å². The average molecular weight is 599 g/mol. The van der Waals surface area contributed by atoms with Gasteiger partial charge in [-0.3, -0.25) is 4.31 Å². The molecule has 44 heavy (non-hydrogen) atoms. The van der Waals surface area contributed by atoms with Crippen LogP contribution < -0.4 is 9.62 Å². The Bertz CT molecular complexity index is 1700. The van der Waals surface area contributed by atoms with E-state index in [1.807, 2.05) is 0 Å². The molecule has 0 fully saturated rings. The number of para-hydroxylation sites is 2. The first-order valence-corrected chi connectivity index (χ1v) is 16.8. The van der Waals surface area contributed by atoms with Crippen molar-refractivity contribution in [2.24, 2.45) is 0 Å². The molecule has 5 aromatic carbocycles. The highest BCUT2D eigenvalue weighted by Gasteiger charge is 2.20. The number of anilines is 4. The molecule has 1 N–H and O–H groups in total. The van der Waals surface area contributed by atoms with Gasteiger partial charge in [0.25, 0.3) is 0 Å². The van der Waals surface area contributed by atoms with E-state index in [4.69, 9.17) is 0 Å². The van der Waals surface area contributed by atoms with Crippen LogP contribution in [0.4, 0.5) is 22.7 Å². The van der Waals surface area contributed by atoms with E-state index in [0.29, 0.717) is 0 Å². The van der Waals surface area contributed by atoms with Crippen molar-refractivity contribution in [2.75, 3.05) is 15.9 Å². The summed E-state index contributed by atoms with van der Waals surface area (Å²) in [6.07, 6.45) is 3.08. The van der Waals surface area contributed by atoms with E-state index in [-0.39, 0.29) is 10.8 Å². The van der Waals surface area contributed by atoms with E-state index in [0.717, 1.165) is 17.8 Å². The van der Waals surface area contributed by atoms with E-state index < -0.39 is 0 Å². The first-order valence-electron chi connectivity index (χ1n) is 15.6. The van der Waals surface area contributed by atoms with E-state index in [1.54, 1.807) is 11.9 Å². The summed E-state index contributed by atoms with van der Waals surface area (Å²) in [4.78, 5) is 0. The standard InChI is InChI=1S/C41H46N2S/c1-9-33-34(36-15-10-12-19-38(36)42-31-25-21-29(22-26-31)40(2,3)4)17-14-18-35(33)37-16-11-13-20-39(37)43(44-8)32-27-23-30(24-28-32)41(5,6)7/h10-28,42H,9H2,1-8H3. The van der Waals surface area contributed by atoms with Crippen molar-refractivity contribution in [3.05, 3.63) is 132 Å². The van der Waals surface area contributed by atoms with Crippen LogP contribution in [0.5, 0.6) is 0 Å². The summed E-state index contributed by atoms with van der Waals surface area (Å²) < 4.78 is 2.35. The lowest BCUT2D eigenvalue weighted by molar-refractivity contribution is 0.590. The molecule has 0 unspecified atom stereocenters. The van der Waals surface area contributed by atoms with Gasteiger partial charge < -0.3 is 5.32 Å². The number of nitrogens with zero attached hydrogens (tertiary/aromatic N) is 1. The molecule has 0 atom stereocenters. The summed E-state index contributed by atoms with van der Waals surface area (Å²) in [7, 11) is 0. The minimum atomic E-state index is 0.123. The Hall–Kier alpha value is -3.95. The van der Waals surface area contributed by atoms with Gasteiger partial charge in [0.15, 0.2) is 0 Å². The van der Waals surface area contributed by atoms with Crippen LogP contribution in [0.25, 0.3) is 22.3 Å². The van der Waals surface area contributed by atoms with Gasteiger partial charge in [0.1, 0.15) is 0 Å². The fourth-order valence-electron chi connectivity index (χ4n) is 5.83. The molecule has 0 aromatic heterocycles. The number of hydrogen-bond donors (Lipinski definition) is 1. The molecule has 226 valence electrons. The van der Waals surface area contributed by atoms with Crippen molar-refractivity contribution in [1.82, 2.24) is 0 Å². The van der Waals surface area contributed by atoms with Gasteiger partial charge in [-0.05, 0) is 93.4 Å². The van der Waals surface area contributed by atoms with E-state index in [1.165, 1.54) is 50.3 Å². The smallest absolute Gasteiger partial charge is 0.0603 e. The summed E-state index contributed by atoms with van der Waals surface area (Å²) in [5, 5.41) is 3.72. The molecule has 0 bridgehead atoms. The molecular weight excluding hydrogens is 553 g/mol. The normalized spacial score (nSPS) is 11.8. The van der Waals surface area contributed by atoms with Crippen molar-refractivity contribution in [1.29, 1.82) is 0 Å². The molecule has 2 nitrogen and oxygen atoms in total. The van der Waals surface area contributed by atoms with Crippen LogP contribution in [0, 0.1) is 0 Å². The quantitative estimate of drug-likeness (QED) is 0.179. The summed E-state index contributed by atoms with van der Waals surface area (Å²) in [6, 6.07) is 42.1. The third-order valence-corrected chi connectivity index (χ3v) is 9.11. The van der Waals surface area contributed by atoms with Gasteiger partial charge in [-0.1, -0.05) is 127 Å². The second-order valence-electron chi connectivity index (χ2n) is 13.5. The van der Waals surface area contributed by atoms with Crippen molar-refractivity contribution >= 4 is 34.7 Å². The minimum absolute atomic E-state index is 0.123. The number of nitrogens with one attached hydrogen (secondary N) is 1. The van der Waals surface area contributed by atoms with Crippen LogP contribution in [0.1, 0.15) is 65.2 Å². The molecule has 5 rings (SSSR count). The third kappa shape index (κ3) is 6.74. The van der Waals surface area contributed by atoms with Crippen LogP contribution in [-0.2, 0) is 17.3 Å². The highest BCUT2D eigenvalue weighted by Crippen LogP contribution is 2.43. The van der Waals surface area contributed by atoms with Gasteiger partial charge in [0, 0.05) is 28.8 Å². The Morgan fingerprint density at radius 2 is 1.07 bits per heavy atom. The number of benzene rings is 5. The van der Waals surface area contributed by atoms with Crippen LogP contribution in [0.15, 0.2) is 115 Å². The zero-order valence-corrected chi connectivity index (χ0v) is 28.3. The molecular formula is C41H46N2S. The summed E-state index contributed by atoms with van der Waals surface area (Å²) >= 11 is 1.74. The van der Waals surface area contributed by atoms with E-state index in [2.05, 4.69) is 180 Å². The summed E-state index contributed by atoms with van der Waals surface area (Å²) in [5.74, 6) is 0. The topological polar surface area (TPSA) is 15.3 Å². The van der Waals surface area contributed by atoms with Gasteiger partial charge >= 0.3 is 0 Å². The first-order chi connectivity index (χ1) is 21.0. The summed E-state index contributed by atoms with van der Waals surface area (Å²) in [6.45, 7) is 15.8.